The fraction of sp³-hybridized carbons (Fsp3) is 0.143. The van der Waals surface area contributed by atoms with E-state index in [1.165, 1.54) is 12.1 Å². The summed E-state index contributed by atoms with van der Waals surface area (Å²) in [5, 5.41) is 13.6. The zero-order chi connectivity index (χ0) is 13.8. The summed E-state index contributed by atoms with van der Waals surface area (Å²) in [5.74, 6) is -0.459. The van der Waals surface area contributed by atoms with Gasteiger partial charge in [0, 0.05) is 22.2 Å². The molecule has 0 fully saturated rings. The van der Waals surface area contributed by atoms with Gasteiger partial charge in [0.15, 0.2) is 0 Å². The third-order valence-corrected chi connectivity index (χ3v) is 3.26. The molecule has 100 valence electrons. The van der Waals surface area contributed by atoms with Crippen molar-refractivity contribution in [2.75, 3.05) is 11.9 Å². The van der Waals surface area contributed by atoms with Crippen LogP contribution < -0.4 is 5.32 Å². The van der Waals surface area contributed by atoms with Gasteiger partial charge in [0.25, 0.3) is 0 Å². The summed E-state index contributed by atoms with van der Waals surface area (Å²) in [7, 11) is 0. The van der Waals surface area contributed by atoms with Crippen LogP contribution in [-0.4, -0.2) is 11.7 Å². The molecule has 0 saturated heterocycles. The predicted molar refractivity (Wildman–Crippen MR) is 76.3 cm³/mol. The highest BCUT2D eigenvalue weighted by atomic mass is 35.5. The van der Waals surface area contributed by atoms with Crippen molar-refractivity contribution in [3.05, 3.63) is 63.9 Å². The Hall–Kier alpha value is -1.29. The molecule has 1 unspecified atom stereocenters. The van der Waals surface area contributed by atoms with Crippen LogP contribution in [0, 0.1) is 5.82 Å². The zero-order valence-corrected chi connectivity index (χ0v) is 11.4. The third kappa shape index (κ3) is 3.60. The van der Waals surface area contributed by atoms with Crippen LogP contribution in [0.25, 0.3) is 0 Å². The number of rotatable bonds is 4. The molecule has 0 aliphatic heterocycles. The molecule has 0 aromatic heterocycles. The van der Waals surface area contributed by atoms with Crippen molar-refractivity contribution in [1.82, 2.24) is 0 Å². The quantitative estimate of drug-likeness (QED) is 0.883. The van der Waals surface area contributed by atoms with E-state index in [-0.39, 0.29) is 12.2 Å². The first-order chi connectivity index (χ1) is 9.08. The standard InChI is InChI=1S/C14H12Cl2FNO/c15-9-5-6-13(12(17)7-9)18-8-14(19)10-3-1-2-4-11(10)16/h1-7,14,18-19H,8H2. The second-order valence-corrected chi connectivity index (χ2v) is 4.89. The summed E-state index contributed by atoms with van der Waals surface area (Å²) >= 11 is 11.6. The lowest BCUT2D eigenvalue weighted by Crippen LogP contribution is -2.13. The molecular weight excluding hydrogens is 288 g/mol. The van der Waals surface area contributed by atoms with Crippen molar-refractivity contribution in [2.45, 2.75) is 6.10 Å². The Labute approximate surface area is 120 Å². The average Bonchev–Trinajstić information content (AvgIpc) is 2.38. The van der Waals surface area contributed by atoms with E-state index in [2.05, 4.69) is 5.32 Å². The maximum absolute atomic E-state index is 13.5. The number of hydrogen-bond acceptors (Lipinski definition) is 2. The van der Waals surface area contributed by atoms with E-state index in [1.807, 2.05) is 0 Å². The molecule has 5 heteroatoms. The van der Waals surface area contributed by atoms with Gasteiger partial charge >= 0.3 is 0 Å². The van der Waals surface area contributed by atoms with Crippen molar-refractivity contribution >= 4 is 28.9 Å². The highest BCUT2D eigenvalue weighted by Gasteiger charge is 2.11. The lowest BCUT2D eigenvalue weighted by atomic mass is 10.1. The first-order valence-electron chi connectivity index (χ1n) is 5.69. The first-order valence-corrected chi connectivity index (χ1v) is 6.45. The number of halogens is 3. The van der Waals surface area contributed by atoms with Crippen molar-refractivity contribution in [3.63, 3.8) is 0 Å². The number of benzene rings is 2. The molecule has 2 nitrogen and oxygen atoms in total. The topological polar surface area (TPSA) is 32.3 Å². The maximum Gasteiger partial charge on any atom is 0.147 e. The minimum Gasteiger partial charge on any atom is -0.387 e. The molecule has 0 spiro atoms. The molecule has 2 aromatic rings. The molecule has 2 aromatic carbocycles. The van der Waals surface area contributed by atoms with Crippen LogP contribution in [0.2, 0.25) is 10.0 Å². The molecule has 0 bridgehead atoms. The molecule has 0 amide bonds. The van der Waals surface area contributed by atoms with Crippen molar-refractivity contribution in [1.29, 1.82) is 0 Å². The number of aliphatic hydroxyl groups is 1. The summed E-state index contributed by atoms with van der Waals surface area (Å²) in [5.41, 5.74) is 0.890. The number of anilines is 1. The Kier molecular flexibility index (Phi) is 4.64. The molecule has 2 rings (SSSR count). The molecule has 19 heavy (non-hydrogen) atoms. The lowest BCUT2D eigenvalue weighted by molar-refractivity contribution is 0.191. The van der Waals surface area contributed by atoms with Gasteiger partial charge in [0.05, 0.1) is 11.8 Å². The Balaban J connectivity index is 2.04. The van der Waals surface area contributed by atoms with Crippen LogP contribution in [0.15, 0.2) is 42.5 Å². The Bertz CT molecular complexity index is 577. The fourth-order valence-corrected chi connectivity index (χ4v) is 2.12. The molecule has 2 N–H and O–H groups in total. The van der Waals surface area contributed by atoms with Crippen molar-refractivity contribution < 1.29 is 9.50 Å². The van der Waals surface area contributed by atoms with Gasteiger partial charge in [0.2, 0.25) is 0 Å². The molecule has 0 heterocycles. The molecule has 1 atom stereocenters. The molecule has 0 aliphatic rings. The number of aliphatic hydroxyl groups excluding tert-OH is 1. The van der Waals surface area contributed by atoms with Gasteiger partial charge in [-0.1, -0.05) is 41.4 Å². The largest absolute Gasteiger partial charge is 0.387 e. The molecular formula is C14H12Cl2FNO. The van der Waals surface area contributed by atoms with E-state index < -0.39 is 11.9 Å². The Morgan fingerprint density at radius 3 is 2.58 bits per heavy atom. The van der Waals surface area contributed by atoms with Gasteiger partial charge in [-0.05, 0) is 24.3 Å². The van der Waals surface area contributed by atoms with Gasteiger partial charge in [-0.15, -0.1) is 0 Å². The maximum atomic E-state index is 13.5. The van der Waals surface area contributed by atoms with Gasteiger partial charge in [-0.2, -0.15) is 0 Å². The van der Waals surface area contributed by atoms with Crippen LogP contribution in [0.4, 0.5) is 10.1 Å². The van der Waals surface area contributed by atoms with Crippen LogP contribution in [0.3, 0.4) is 0 Å². The van der Waals surface area contributed by atoms with Crippen LogP contribution in [-0.2, 0) is 0 Å². The van der Waals surface area contributed by atoms with Crippen LogP contribution >= 0.6 is 23.2 Å². The zero-order valence-electron chi connectivity index (χ0n) is 9.91. The number of hydrogen-bond donors (Lipinski definition) is 2. The predicted octanol–water partition coefficient (Wildman–Crippen LogP) is 4.28. The Morgan fingerprint density at radius 2 is 1.89 bits per heavy atom. The third-order valence-electron chi connectivity index (χ3n) is 2.68. The highest BCUT2D eigenvalue weighted by molar-refractivity contribution is 6.31. The van der Waals surface area contributed by atoms with Crippen molar-refractivity contribution in [2.24, 2.45) is 0 Å². The fourth-order valence-electron chi connectivity index (χ4n) is 1.69. The van der Waals surface area contributed by atoms with Gasteiger partial charge in [0.1, 0.15) is 5.82 Å². The average molecular weight is 300 g/mol. The van der Waals surface area contributed by atoms with E-state index >= 15 is 0 Å². The smallest absolute Gasteiger partial charge is 0.147 e. The normalized spacial score (nSPS) is 12.2. The van der Waals surface area contributed by atoms with E-state index in [0.717, 1.165) is 0 Å². The minimum absolute atomic E-state index is 0.155. The van der Waals surface area contributed by atoms with Crippen LogP contribution in [0.5, 0.6) is 0 Å². The minimum atomic E-state index is -0.816. The summed E-state index contributed by atoms with van der Waals surface area (Å²) in [6, 6.07) is 11.3. The van der Waals surface area contributed by atoms with E-state index in [0.29, 0.717) is 15.6 Å². The molecule has 0 saturated carbocycles. The van der Waals surface area contributed by atoms with Crippen LogP contribution in [0.1, 0.15) is 11.7 Å². The number of nitrogens with one attached hydrogen (secondary N) is 1. The van der Waals surface area contributed by atoms with Gasteiger partial charge in [-0.25, -0.2) is 4.39 Å². The van der Waals surface area contributed by atoms with Crippen molar-refractivity contribution in [3.8, 4) is 0 Å². The molecule has 0 radical (unpaired) electrons. The molecule has 0 aliphatic carbocycles. The van der Waals surface area contributed by atoms with E-state index in [9.17, 15) is 9.50 Å². The van der Waals surface area contributed by atoms with E-state index in [1.54, 1.807) is 30.3 Å². The summed E-state index contributed by atoms with van der Waals surface area (Å²) in [4.78, 5) is 0. The second-order valence-electron chi connectivity index (χ2n) is 4.04. The monoisotopic (exact) mass is 299 g/mol. The Morgan fingerprint density at radius 1 is 1.16 bits per heavy atom. The first kappa shape index (κ1) is 14.1. The lowest BCUT2D eigenvalue weighted by Gasteiger charge is -2.15. The summed E-state index contributed by atoms with van der Waals surface area (Å²) in [6.45, 7) is 0.155. The van der Waals surface area contributed by atoms with Gasteiger partial charge in [-0.3, -0.25) is 0 Å². The highest BCUT2D eigenvalue weighted by Crippen LogP contribution is 2.24. The SMILES string of the molecule is OC(CNc1ccc(Cl)cc1F)c1ccccc1Cl. The summed E-state index contributed by atoms with van der Waals surface area (Å²) in [6.07, 6.45) is -0.816. The summed E-state index contributed by atoms with van der Waals surface area (Å²) < 4.78 is 13.5. The second kappa shape index (κ2) is 6.24. The van der Waals surface area contributed by atoms with E-state index in [4.69, 9.17) is 23.2 Å². The van der Waals surface area contributed by atoms with Gasteiger partial charge < -0.3 is 10.4 Å².